The van der Waals surface area contributed by atoms with E-state index in [-0.39, 0.29) is 30.0 Å². The summed E-state index contributed by atoms with van der Waals surface area (Å²) in [5.74, 6) is -0.265. The normalized spacial score (nSPS) is 21.2. The molecule has 0 radical (unpaired) electrons. The number of rotatable bonds is 1. The summed E-state index contributed by atoms with van der Waals surface area (Å²) in [5.41, 5.74) is 0.678. The first-order valence-electron chi connectivity index (χ1n) is 6.05. The van der Waals surface area contributed by atoms with Crippen molar-refractivity contribution in [2.45, 2.75) is 32.4 Å². The predicted octanol–water partition coefficient (Wildman–Crippen LogP) is 2.52. The van der Waals surface area contributed by atoms with Crippen molar-refractivity contribution in [3.8, 4) is 0 Å². The zero-order valence-electron chi connectivity index (χ0n) is 10.9. The third kappa shape index (κ3) is 2.70. The highest BCUT2D eigenvalue weighted by Crippen LogP contribution is 2.27. The van der Waals surface area contributed by atoms with Gasteiger partial charge in [-0.05, 0) is 38.5 Å². The molecule has 1 fully saturated rings. The van der Waals surface area contributed by atoms with E-state index in [1.54, 1.807) is 12.1 Å². The van der Waals surface area contributed by atoms with Crippen LogP contribution >= 0.6 is 0 Å². The largest absolute Gasteiger partial charge is 0.362 e. The van der Waals surface area contributed by atoms with Crippen molar-refractivity contribution >= 4 is 5.91 Å². The summed E-state index contributed by atoms with van der Waals surface area (Å²) in [6, 6.07) is 6.24. The first kappa shape index (κ1) is 13.0. The van der Waals surface area contributed by atoms with Gasteiger partial charge in [0.1, 0.15) is 18.5 Å². The van der Waals surface area contributed by atoms with E-state index < -0.39 is 0 Å². The molecule has 3 nitrogen and oxygen atoms in total. The smallest absolute Gasteiger partial charge is 0.249 e. The van der Waals surface area contributed by atoms with Crippen molar-refractivity contribution in [3.63, 3.8) is 0 Å². The van der Waals surface area contributed by atoms with Crippen LogP contribution in [-0.4, -0.2) is 29.5 Å². The second-order valence-corrected chi connectivity index (χ2v) is 5.53. The molecule has 1 saturated heterocycles. The van der Waals surface area contributed by atoms with Gasteiger partial charge in [0, 0.05) is 5.54 Å². The van der Waals surface area contributed by atoms with Gasteiger partial charge in [0.25, 0.3) is 0 Å². The van der Waals surface area contributed by atoms with Crippen LogP contribution in [0.25, 0.3) is 0 Å². The summed E-state index contributed by atoms with van der Waals surface area (Å²) >= 11 is 0. The van der Waals surface area contributed by atoms with E-state index in [0.29, 0.717) is 6.54 Å². The van der Waals surface area contributed by atoms with Gasteiger partial charge in [0.15, 0.2) is 0 Å². The second-order valence-electron chi connectivity index (χ2n) is 5.53. The molecule has 1 atom stereocenters. The van der Waals surface area contributed by atoms with Crippen LogP contribution in [0, 0.1) is 5.82 Å². The number of carbonyl (C=O) groups excluding carboxylic acids is 1. The zero-order valence-corrected chi connectivity index (χ0v) is 10.9. The van der Waals surface area contributed by atoms with E-state index >= 15 is 0 Å². The van der Waals surface area contributed by atoms with Crippen LogP contribution in [0.3, 0.4) is 0 Å². The average Bonchev–Trinajstić information content (AvgIpc) is 2.29. The molecular formula is C14H18FNO2. The molecule has 18 heavy (non-hydrogen) atoms. The lowest BCUT2D eigenvalue weighted by molar-refractivity contribution is -0.156. The molecule has 1 amide bonds. The first-order valence-corrected chi connectivity index (χ1v) is 6.05. The van der Waals surface area contributed by atoms with Crippen molar-refractivity contribution in [1.82, 2.24) is 4.90 Å². The van der Waals surface area contributed by atoms with Crippen LogP contribution in [-0.2, 0) is 9.53 Å². The number of halogens is 1. The van der Waals surface area contributed by atoms with Gasteiger partial charge >= 0.3 is 0 Å². The number of hydrogen-bond donors (Lipinski definition) is 0. The Balaban J connectivity index is 2.17. The highest BCUT2D eigenvalue weighted by Gasteiger charge is 2.34. The lowest BCUT2D eigenvalue weighted by atomic mass is 10.0. The Morgan fingerprint density at radius 1 is 1.28 bits per heavy atom. The summed E-state index contributed by atoms with van der Waals surface area (Å²) in [6.45, 7) is 6.58. The molecule has 1 aliphatic heterocycles. The van der Waals surface area contributed by atoms with Gasteiger partial charge in [0.05, 0.1) is 6.54 Å². The Morgan fingerprint density at radius 2 is 1.89 bits per heavy atom. The quantitative estimate of drug-likeness (QED) is 0.767. The first-order chi connectivity index (χ1) is 8.38. The van der Waals surface area contributed by atoms with Gasteiger partial charge in [-0.25, -0.2) is 4.39 Å². The highest BCUT2D eigenvalue weighted by molar-refractivity contribution is 5.79. The molecule has 4 heteroatoms. The summed E-state index contributed by atoms with van der Waals surface area (Å²) in [6.07, 6.45) is -0.178. The second kappa shape index (κ2) is 4.69. The van der Waals surface area contributed by atoms with Crippen molar-refractivity contribution in [2.24, 2.45) is 0 Å². The molecule has 0 saturated carbocycles. The number of nitrogens with zero attached hydrogens (tertiary/aromatic N) is 1. The minimum Gasteiger partial charge on any atom is -0.362 e. The monoisotopic (exact) mass is 251 g/mol. The van der Waals surface area contributed by atoms with Gasteiger partial charge < -0.3 is 9.64 Å². The Morgan fingerprint density at radius 3 is 2.44 bits per heavy atom. The minimum atomic E-state index is -0.265. The van der Waals surface area contributed by atoms with E-state index in [4.69, 9.17) is 4.74 Å². The molecule has 1 unspecified atom stereocenters. The topological polar surface area (TPSA) is 29.5 Å². The molecule has 1 aromatic rings. The molecule has 0 aromatic heterocycles. The third-order valence-corrected chi connectivity index (χ3v) is 3.11. The molecule has 0 spiro atoms. The summed E-state index contributed by atoms with van der Waals surface area (Å²) in [4.78, 5) is 13.6. The summed E-state index contributed by atoms with van der Waals surface area (Å²) in [7, 11) is 0. The van der Waals surface area contributed by atoms with Crippen molar-refractivity contribution < 1.29 is 13.9 Å². The highest BCUT2D eigenvalue weighted by atomic mass is 19.1. The van der Waals surface area contributed by atoms with Gasteiger partial charge in [0.2, 0.25) is 5.91 Å². The number of amides is 1. The van der Waals surface area contributed by atoms with Crippen LogP contribution in [0.4, 0.5) is 4.39 Å². The minimum absolute atomic E-state index is 0.000798. The van der Waals surface area contributed by atoms with E-state index in [0.717, 1.165) is 5.56 Å². The fourth-order valence-corrected chi connectivity index (χ4v) is 2.10. The number of ether oxygens (including phenoxy) is 1. The van der Waals surface area contributed by atoms with Crippen LogP contribution in [0.1, 0.15) is 32.4 Å². The van der Waals surface area contributed by atoms with E-state index in [9.17, 15) is 9.18 Å². The van der Waals surface area contributed by atoms with Crippen LogP contribution < -0.4 is 0 Å². The molecule has 1 aromatic carbocycles. The maximum atomic E-state index is 12.9. The molecule has 98 valence electrons. The van der Waals surface area contributed by atoms with Crippen molar-refractivity contribution in [1.29, 1.82) is 0 Å². The fourth-order valence-electron chi connectivity index (χ4n) is 2.10. The third-order valence-electron chi connectivity index (χ3n) is 3.11. The van der Waals surface area contributed by atoms with Gasteiger partial charge in [-0.1, -0.05) is 12.1 Å². The Labute approximate surface area is 107 Å². The fraction of sp³-hybridized carbons (Fsp3) is 0.500. The van der Waals surface area contributed by atoms with Gasteiger partial charge in [-0.15, -0.1) is 0 Å². The molecule has 2 rings (SSSR count). The zero-order chi connectivity index (χ0) is 13.3. The summed E-state index contributed by atoms with van der Waals surface area (Å²) in [5, 5.41) is 0. The predicted molar refractivity (Wildman–Crippen MR) is 66.6 cm³/mol. The summed E-state index contributed by atoms with van der Waals surface area (Å²) < 4.78 is 18.4. The van der Waals surface area contributed by atoms with Crippen LogP contribution in [0.2, 0.25) is 0 Å². The van der Waals surface area contributed by atoms with E-state index in [1.807, 2.05) is 25.7 Å². The lowest BCUT2D eigenvalue weighted by Gasteiger charge is -2.41. The SMILES string of the molecule is CC(C)(C)N1CC(c2ccc(F)cc2)OCC1=O. The van der Waals surface area contributed by atoms with Gasteiger partial charge in [-0.3, -0.25) is 4.79 Å². The molecule has 1 aliphatic rings. The number of hydrogen-bond acceptors (Lipinski definition) is 2. The maximum absolute atomic E-state index is 12.9. The molecular weight excluding hydrogens is 233 g/mol. The lowest BCUT2D eigenvalue weighted by Crippen LogP contribution is -2.52. The molecule has 0 aliphatic carbocycles. The van der Waals surface area contributed by atoms with Crippen molar-refractivity contribution in [3.05, 3.63) is 35.6 Å². The molecule has 1 heterocycles. The number of benzene rings is 1. The van der Waals surface area contributed by atoms with Crippen LogP contribution in [0.5, 0.6) is 0 Å². The van der Waals surface area contributed by atoms with Crippen LogP contribution in [0.15, 0.2) is 24.3 Å². The number of carbonyl (C=O) groups is 1. The van der Waals surface area contributed by atoms with E-state index in [2.05, 4.69) is 0 Å². The van der Waals surface area contributed by atoms with E-state index in [1.165, 1.54) is 12.1 Å². The molecule has 0 N–H and O–H groups in total. The van der Waals surface area contributed by atoms with Gasteiger partial charge in [-0.2, -0.15) is 0 Å². The standard InChI is InChI=1S/C14H18FNO2/c1-14(2,3)16-8-12(18-9-13(16)17)10-4-6-11(15)7-5-10/h4-7,12H,8-9H2,1-3H3. The average molecular weight is 251 g/mol. The van der Waals surface area contributed by atoms with Crippen molar-refractivity contribution in [2.75, 3.05) is 13.2 Å². The maximum Gasteiger partial charge on any atom is 0.249 e. The molecule has 0 bridgehead atoms. The Hall–Kier alpha value is -1.42. The Bertz CT molecular complexity index is 436. The number of morpholine rings is 1. The Kier molecular flexibility index (Phi) is 3.39.